The molecule has 2 nitrogen and oxygen atoms in total. The standard InChI is InChI=1S/C11H22O2.Na.H/c1-3-4-5-6-7-8-9-10-13-11(2)12;;/h3-10H2,1-2H3;;/q;+1;-1. The van der Waals surface area contributed by atoms with E-state index in [1.165, 1.54) is 45.4 Å². The van der Waals surface area contributed by atoms with E-state index in [4.69, 9.17) is 4.74 Å². The van der Waals surface area contributed by atoms with Crippen molar-refractivity contribution in [2.24, 2.45) is 0 Å². The van der Waals surface area contributed by atoms with Gasteiger partial charge >= 0.3 is 35.5 Å². The molecule has 0 saturated carbocycles. The molecule has 0 saturated heterocycles. The summed E-state index contributed by atoms with van der Waals surface area (Å²) in [6.07, 6.45) is 8.82. The normalized spacial score (nSPS) is 9.29. The van der Waals surface area contributed by atoms with Gasteiger partial charge in [-0.1, -0.05) is 45.4 Å². The molecule has 0 spiro atoms. The van der Waals surface area contributed by atoms with E-state index in [0.29, 0.717) is 6.61 Å². The van der Waals surface area contributed by atoms with Gasteiger partial charge in [-0.2, -0.15) is 0 Å². The number of esters is 1. The second kappa shape index (κ2) is 13.5. The van der Waals surface area contributed by atoms with Crippen molar-refractivity contribution in [1.82, 2.24) is 0 Å². The van der Waals surface area contributed by atoms with E-state index in [0.717, 1.165) is 6.42 Å². The van der Waals surface area contributed by atoms with Crippen molar-refractivity contribution >= 4 is 5.97 Å². The minimum Gasteiger partial charge on any atom is -1.00 e. The fraction of sp³-hybridized carbons (Fsp3) is 0.909. The van der Waals surface area contributed by atoms with Crippen LogP contribution in [-0.2, 0) is 9.53 Å². The quantitative estimate of drug-likeness (QED) is 0.330. The van der Waals surface area contributed by atoms with Gasteiger partial charge in [0.25, 0.3) is 0 Å². The number of carbonyl (C=O) groups is 1. The average molecular weight is 210 g/mol. The summed E-state index contributed by atoms with van der Waals surface area (Å²) in [4.78, 5) is 10.4. The molecule has 0 bridgehead atoms. The van der Waals surface area contributed by atoms with Crippen molar-refractivity contribution in [3.05, 3.63) is 0 Å². The second-order valence-electron chi connectivity index (χ2n) is 3.46. The molecule has 0 aliphatic heterocycles. The van der Waals surface area contributed by atoms with Gasteiger partial charge in [0.05, 0.1) is 6.61 Å². The number of unbranched alkanes of at least 4 members (excludes halogenated alkanes) is 6. The third-order valence-electron chi connectivity index (χ3n) is 2.05. The third-order valence-corrected chi connectivity index (χ3v) is 2.05. The zero-order valence-corrected chi connectivity index (χ0v) is 12.0. The van der Waals surface area contributed by atoms with Crippen molar-refractivity contribution < 1.29 is 40.5 Å². The number of hydrogen-bond donors (Lipinski definition) is 0. The van der Waals surface area contributed by atoms with Crippen LogP contribution in [0.15, 0.2) is 0 Å². The molecule has 0 aromatic carbocycles. The van der Waals surface area contributed by atoms with Crippen molar-refractivity contribution in [1.29, 1.82) is 0 Å². The molecular weight excluding hydrogens is 187 g/mol. The summed E-state index contributed by atoms with van der Waals surface area (Å²) in [5, 5.41) is 0. The number of hydrogen-bond acceptors (Lipinski definition) is 2. The third kappa shape index (κ3) is 15.0. The largest absolute Gasteiger partial charge is 1.00 e. The van der Waals surface area contributed by atoms with Crippen LogP contribution in [-0.4, -0.2) is 12.6 Å². The maximum atomic E-state index is 10.4. The molecule has 0 atom stereocenters. The van der Waals surface area contributed by atoms with E-state index in [2.05, 4.69) is 6.92 Å². The molecule has 14 heavy (non-hydrogen) atoms. The van der Waals surface area contributed by atoms with Gasteiger partial charge in [0.15, 0.2) is 0 Å². The smallest absolute Gasteiger partial charge is 1.00 e. The molecule has 0 amide bonds. The minimum absolute atomic E-state index is 0. The van der Waals surface area contributed by atoms with Gasteiger partial charge in [0.2, 0.25) is 0 Å². The van der Waals surface area contributed by atoms with Crippen molar-refractivity contribution in [2.75, 3.05) is 6.61 Å². The molecule has 0 aromatic heterocycles. The number of rotatable bonds is 8. The van der Waals surface area contributed by atoms with Gasteiger partial charge < -0.3 is 6.16 Å². The monoisotopic (exact) mass is 210 g/mol. The van der Waals surface area contributed by atoms with E-state index in [1.54, 1.807) is 0 Å². The Kier molecular flexibility index (Phi) is 16.2. The van der Waals surface area contributed by atoms with Crippen LogP contribution in [0.3, 0.4) is 0 Å². The van der Waals surface area contributed by atoms with Gasteiger partial charge in [-0.25, -0.2) is 0 Å². The van der Waals surface area contributed by atoms with Crippen LogP contribution in [0.4, 0.5) is 0 Å². The van der Waals surface area contributed by atoms with E-state index in [9.17, 15) is 4.79 Å². The van der Waals surface area contributed by atoms with Crippen LogP contribution in [0.2, 0.25) is 0 Å². The first-order valence-electron chi connectivity index (χ1n) is 5.40. The van der Waals surface area contributed by atoms with Gasteiger partial charge in [0.1, 0.15) is 0 Å². The molecule has 3 heteroatoms. The molecule has 0 aromatic rings. The Balaban J connectivity index is -0.000000720. The molecule has 0 aliphatic carbocycles. The summed E-state index contributed by atoms with van der Waals surface area (Å²) in [7, 11) is 0. The summed E-state index contributed by atoms with van der Waals surface area (Å²) >= 11 is 0. The molecule has 0 heterocycles. The Hall–Kier alpha value is 0.470. The minimum atomic E-state index is -0.161. The van der Waals surface area contributed by atoms with Crippen LogP contribution in [0.1, 0.15) is 60.2 Å². The Bertz CT molecular complexity index is 132. The molecule has 0 unspecified atom stereocenters. The first kappa shape index (κ1) is 16.9. The number of carbonyl (C=O) groups excluding carboxylic acids is 1. The first-order chi connectivity index (χ1) is 6.27. The predicted octanol–water partition coefficient (Wildman–Crippen LogP) is 0.417. The van der Waals surface area contributed by atoms with Gasteiger partial charge in [-0.15, -0.1) is 0 Å². The van der Waals surface area contributed by atoms with Gasteiger partial charge in [0, 0.05) is 6.92 Å². The summed E-state index contributed by atoms with van der Waals surface area (Å²) in [5.41, 5.74) is 0. The Morgan fingerprint density at radius 1 is 1.07 bits per heavy atom. The van der Waals surface area contributed by atoms with Crippen molar-refractivity contribution in [2.45, 2.75) is 58.8 Å². The average Bonchev–Trinajstić information content (AvgIpc) is 2.09. The van der Waals surface area contributed by atoms with Crippen LogP contribution in [0, 0.1) is 0 Å². The maximum Gasteiger partial charge on any atom is 1.00 e. The maximum absolute atomic E-state index is 10.4. The van der Waals surface area contributed by atoms with Crippen molar-refractivity contribution in [3.8, 4) is 0 Å². The fourth-order valence-electron chi connectivity index (χ4n) is 1.28. The molecule has 0 aliphatic rings. The Labute approximate surface area is 112 Å². The van der Waals surface area contributed by atoms with E-state index >= 15 is 0 Å². The van der Waals surface area contributed by atoms with Gasteiger partial charge in [-0.05, 0) is 6.42 Å². The summed E-state index contributed by atoms with van der Waals surface area (Å²) in [6, 6.07) is 0. The molecule has 0 rings (SSSR count). The molecular formula is C11H23NaO2. The van der Waals surface area contributed by atoms with E-state index < -0.39 is 0 Å². The number of ether oxygens (including phenoxy) is 1. The molecule has 0 N–H and O–H groups in total. The van der Waals surface area contributed by atoms with E-state index in [-0.39, 0.29) is 37.0 Å². The van der Waals surface area contributed by atoms with Crippen LogP contribution >= 0.6 is 0 Å². The summed E-state index contributed by atoms with van der Waals surface area (Å²) in [6.45, 7) is 4.28. The topological polar surface area (TPSA) is 26.3 Å². The summed E-state index contributed by atoms with van der Waals surface area (Å²) in [5.74, 6) is -0.161. The van der Waals surface area contributed by atoms with E-state index in [1.807, 2.05) is 0 Å². The molecule has 80 valence electrons. The predicted molar refractivity (Wildman–Crippen MR) is 55.7 cm³/mol. The second-order valence-corrected chi connectivity index (χ2v) is 3.46. The zero-order chi connectivity index (χ0) is 9.94. The molecule has 0 fully saturated rings. The first-order valence-corrected chi connectivity index (χ1v) is 5.40. The summed E-state index contributed by atoms with van der Waals surface area (Å²) < 4.78 is 4.83. The Morgan fingerprint density at radius 2 is 1.57 bits per heavy atom. The SMILES string of the molecule is CCCCCCCCCOC(C)=O.[H-].[Na+]. The molecule has 0 radical (unpaired) electrons. The van der Waals surface area contributed by atoms with Crippen LogP contribution in [0.25, 0.3) is 0 Å². The van der Waals surface area contributed by atoms with Crippen LogP contribution < -0.4 is 29.6 Å². The fourth-order valence-corrected chi connectivity index (χ4v) is 1.28. The zero-order valence-electron chi connectivity index (χ0n) is 11.0. The van der Waals surface area contributed by atoms with Crippen molar-refractivity contribution in [3.63, 3.8) is 0 Å². The van der Waals surface area contributed by atoms with Crippen LogP contribution in [0.5, 0.6) is 0 Å². The Morgan fingerprint density at radius 3 is 2.07 bits per heavy atom. The van der Waals surface area contributed by atoms with Gasteiger partial charge in [-0.3, -0.25) is 4.79 Å².